The number of carbonyl (C=O) groups excluding carboxylic acids is 1. The molecule has 0 amide bonds. The summed E-state index contributed by atoms with van der Waals surface area (Å²) in [5.41, 5.74) is 1.05. The van der Waals surface area contributed by atoms with Gasteiger partial charge < -0.3 is 0 Å². The number of rotatable bonds is 4. The van der Waals surface area contributed by atoms with Gasteiger partial charge >= 0.3 is 0 Å². The summed E-state index contributed by atoms with van der Waals surface area (Å²) in [7, 11) is 0. The number of allylic oxidation sites excluding steroid dienone is 1. The van der Waals surface area contributed by atoms with Crippen LogP contribution in [0.3, 0.4) is 0 Å². The van der Waals surface area contributed by atoms with Gasteiger partial charge in [0.05, 0.1) is 11.7 Å². The van der Waals surface area contributed by atoms with Gasteiger partial charge in [0.15, 0.2) is 0 Å². The highest BCUT2D eigenvalue weighted by molar-refractivity contribution is 7.78. The van der Waals surface area contributed by atoms with Crippen LogP contribution < -0.4 is 0 Å². The van der Waals surface area contributed by atoms with Crippen molar-refractivity contribution in [3.05, 3.63) is 54.6 Å². The maximum absolute atomic E-state index is 9.89. The fourth-order valence-corrected chi connectivity index (χ4v) is 0.891. The van der Waals surface area contributed by atoms with Crippen LogP contribution in [0.4, 0.5) is 0 Å². The zero-order valence-electron chi connectivity index (χ0n) is 8.87. The van der Waals surface area contributed by atoms with Gasteiger partial charge in [0.2, 0.25) is 0 Å². The fraction of sp³-hybridized carbons (Fsp3) is 0.0769. The Morgan fingerprint density at radius 2 is 2.06 bits per heavy atom. The van der Waals surface area contributed by atoms with Crippen LogP contribution in [-0.2, 0) is 4.79 Å². The molecule has 0 aliphatic rings. The molecule has 0 bridgehead atoms. The monoisotopic (exact) mass is 231 g/mol. The van der Waals surface area contributed by atoms with Gasteiger partial charge in [-0.15, -0.1) is 6.58 Å². The lowest BCUT2D eigenvalue weighted by Crippen LogP contribution is -1.67. The van der Waals surface area contributed by atoms with E-state index in [2.05, 4.69) is 29.0 Å². The smallest absolute Gasteiger partial charge is 0.142 e. The van der Waals surface area contributed by atoms with Gasteiger partial charge in [0.1, 0.15) is 6.29 Å². The molecule has 0 unspecified atom stereocenters. The summed E-state index contributed by atoms with van der Waals surface area (Å²) in [5, 5.41) is 2.21. The number of aldehydes is 1. The van der Waals surface area contributed by atoms with Crippen molar-refractivity contribution in [2.24, 2.45) is 4.99 Å². The number of carbonyl (C=O) groups is 1. The van der Waals surface area contributed by atoms with Gasteiger partial charge in [-0.3, -0.25) is 4.79 Å². The Hall–Kier alpha value is -1.83. The number of benzene rings is 1. The molecule has 0 saturated heterocycles. The molecule has 0 atom stereocenters. The Balaban J connectivity index is 0.000000325. The van der Waals surface area contributed by atoms with E-state index in [0.717, 1.165) is 11.8 Å². The lowest BCUT2D eigenvalue weighted by molar-refractivity contribution is -0.104. The Kier molecular flexibility index (Phi) is 9.96. The van der Waals surface area contributed by atoms with Crippen LogP contribution in [0.5, 0.6) is 0 Å². The van der Waals surface area contributed by atoms with Gasteiger partial charge in [-0.1, -0.05) is 42.5 Å². The summed E-state index contributed by atoms with van der Waals surface area (Å²) in [6.07, 6.45) is 5.69. The summed E-state index contributed by atoms with van der Waals surface area (Å²) in [6, 6.07) is 9.70. The first kappa shape index (κ1) is 14.2. The van der Waals surface area contributed by atoms with Crippen molar-refractivity contribution in [3.8, 4) is 0 Å². The minimum absolute atomic E-state index is 0.587. The van der Waals surface area contributed by atoms with E-state index in [-0.39, 0.29) is 0 Å². The van der Waals surface area contributed by atoms with Crippen molar-refractivity contribution in [1.29, 1.82) is 0 Å². The van der Waals surface area contributed by atoms with Gasteiger partial charge in [-0.25, -0.2) is 4.99 Å². The van der Waals surface area contributed by atoms with Crippen molar-refractivity contribution < 1.29 is 4.79 Å². The predicted octanol–water partition coefficient (Wildman–Crippen LogP) is 3.17. The van der Waals surface area contributed by atoms with Gasteiger partial charge in [-0.05, 0) is 23.9 Å². The molecule has 0 aromatic heterocycles. The maximum atomic E-state index is 9.89. The molecule has 0 aliphatic heterocycles. The van der Waals surface area contributed by atoms with Crippen LogP contribution in [0.2, 0.25) is 0 Å². The molecule has 1 aromatic rings. The number of aliphatic imine (C=N–C) groups is 1. The van der Waals surface area contributed by atoms with Crippen molar-refractivity contribution in [2.75, 3.05) is 6.54 Å². The Morgan fingerprint density at radius 3 is 2.50 bits per heavy atom. The lowest BCUT2D eigenvalue weighted by atomic mass is 10.2. The Morgan fingerprint density at radius 1 is 1.38 bits per heavy atom. The normalized spacial score (nSPS) is 8.50. The summed E-state index contributed by atoms with van der Waals surface area (Å²) < 4.78 is 0. The Labute approximate surface area is 101 Å². The zero-order valence-corrected chi connectivity index (χ0v) is 9.69. The highest BCUT2D eigenvalue weighted by Crippen LogP contribution is 1.99. The zero-order chi connectivity index (χ0) is 12.1. The predicted molar refractivity (Wildman–Crippen MR) is 71.6 cm³/mol. The van der Waals surface area contributed by atoms with Crippen LogP contribution in [0.15, 0.2) is 54.1 Å². The third-order valence-corrected chi connectivity index (χ3v) is 1.58. The molecule has 1 rings (SSSR count). The van der Waals surface area contributed by atoms with Crippen LogP contribution in [0.1, 0.15) is 5.56 Å². The summed E-state index contributed by atoms with van der Waals surface area (Å²) in [4.78, 5) is 13.4. The van der Waals surface area contributed by atoms with E-state index in [1.807, 2.05) is 30.3 Å². The molecule has 82 valence electrons. The second-order valence-corrected chi connectivity index (χ2v) is 2.81. The van der Waals surface area contributed by atoms with E-state index in [4.69, 9.17) is 0 Å². The molecule has 0 aliphatic carbocycles. The largest absolute Gasteiger partial charge is 0.299 e. The molecular formula is C13H13NOS. The molecule has 2 nitrogen and oxygen atoms in total. The van der Waals surface area contributed by atoms with E-state index in [0.29, 0.717) is 6.54 Å². The average Bonchev–Trinajstić information content (AvgIpc) is 2.36. The van der Waals surface area contributed by atoms with Crippen LogP contribution in [0, 0.1) is 0 Å². The van der Waals surface area contributed by atoms with E-state index in [1.54, 1.807) is 12.2 Å². The highest BCUT2D eigenvalue weighted by atomic mass is 32.1. The fourth-order valence-electron chi connectivity index (χ4n) is 0.816. The molecule has 0 N–H and O–H groups in total. The summed E-state index contributed by atoms with van der Waals surface area (Å²) in [5.74, 6) is 0. The topological polar surface area (TPSA) is 29.4 Å². The second-order valence-electron chi connectivity index (χ2n) is 2.63. The van der Waals surface area contributed by atoms with Crippen LogP contribution >= 0.6 is 12.2 Å². The van der Waals surface area contributed by atoms with E-state index < -0.39 is 0 Å². The molecule has 0 radical (unpaired) electrons. The number of hydrogen-bond donors (Lipinski definition) is 0. The molecule has 16 heavy (non-hydrogen) atoms. The van der Waals surface area contributed by atoms with Gasteiger partial charge in [0, 0.05) is 0 Å². The van der Waals surface area contributed by atoms with E-state index in [1.165, 1.54) is 6.08 Å². The first-order chi connectivity index (χ1) is 7.85. The maximum Gasteiger partial charge on any atom is 0.142 e. The number of hydrogen-bond acceptors (Lipinski definition) is 3. The van der Waals surface area contributed by atoms with E-state index >= 15 is 0 Å². The Bertz CT molecular complexity index is 378. The SMILES string of the molecule is C=CCN=C=S.O=CC=Cc1ccccc1. The van der Waals surface area contributed by atoms with Gasteiger partial charge in [0.25, 0.3) is 0 Å². The quantitative estimate of drug-likeness (QED) is 0.262. The first-order valence-electron chi connectivity index (χ1n) is 4.66. The van der Waals surface area contributed by atoms with E-state index in [9.17, 15) is 4.79 Å². The number of isothiocyanates is 1. The van der Waals surface area contributed by atoms with Crippen molar-refractivity contribution in [2.45, 2.75) is 0 Å². The molecule has 1 aromatic carbocycles. The number of thiocarbonyl (C=S) groups is 1. The van der Waals surface area contributed by atoms with Crippen molar-refractivity contribution in [3.63, 3.8) is 0 Å². The molecule has 0 saturated carbocycles. The molecule has 0 spiro atoms. The molecule has 0 fully saturated rings. The first-order valence-corrected chi connectivity index (χ1v) is 5.07. The second kappa shape index (κ2) is 11.2. The summed E-state index contributed by atoms with van der Waals surface area (Å²) in [6.45, 7) is 4.00. The van der Waals surface area contributed by atoms with Crippen molar-refractivity contribution >= 4 is 29.7 Å². The summed E-state index contributed by atoms with van der Waals surface area (Å²) >= 11 is 4.25. The molecular weight excluding hydrogens is 218 g/mol. The number of nitrogens with zero attached hydrogens (tertiary/aromatic N) is 1. The van der Waals surface area contributed by atoms with Crippen molar-refractivity contribution in [1.82, 2.24) is 0 Å². The van der Waals surface area contributed by atoms with Crippen LogP contribution in [0.25, 0.3) is 6.08 Å². The van der Waals surface area contributed by atoms with Gasteiger partial charge in [-0.2, -0.15) is 0 Å². The molecule has 3 heteroatoms. The standard InChI is InChI=1S/C9H8O.C4H5NS/c10-8-4-7-9-5-2-1-3-6-9;1-2-3-5-4-6/h1-8H;2H,1,3H2. The average molecular weight is 231 g/mol. The molecule has 0 heterocycles. The minimum Gasteiger partial charge on any atom is -0.299 e. The third kappa shape index (κ3) is 8.75. The highest BCUT2D eigenvalue weighted by Gasteiger charge is 1.79. The van der Waals surface area contributed by atoms with Crippen LogP contribution in [-0.4, -0.2) is 18.0 Å². The lowest BCUT2D eigenvalue weighted by Gasteiger charge is -1.86. The third-order valence-electron chi connectivity index (χ3n) is 1.45. The minimum atomic E-state index is 0.587.